The van der Waals surface area contributed by atoms with Gasteiger partial charge >= 0.3 is 0 Å². The van der Waals surface area contributed by atoms with Crippen molar-refractivity contribution in [1.29, 1.82) is 5.26 Å². The molecule has 0 aliphatic rings. The highest BCUT2D eigenvalue weighted by Gasteiger charge is 2.15. The summed E-state index contributed by atoms with van der Waals surface area (Å²) in [5.74, 6) is 1.45. The minimum Gasteiger partial charge on any atom is -0.494 e. The van der Waals surface area contributed by atoms with E-state index in [2.05, 4.69) is 29.9 Å². The second kappa shape index (κ2) is 4.42. The average molecular weight is 230 g/mol. The minimum atomic E-state index is 0.380. The SMILES string of the molecule is COc1ccnc2c1nc(C#N)n2CC(C)C. The molecule has 2 aromatic heterocycles. The van der Waals surface area contributed by atoms with Gasteiger partial charge < -0.3 is 4.74 Å². The van der Waals surface area contributed by atoms with Gasteiger partial charge in [-0.15, -0.1) is 0 Å². The van der Waals surface area contributed by atoms with Gasteiger partial charge in [0.15, 0.2) is 11.2 Å². The summed E-state index contributed by atoms with van der Waals surface area (Å²) in [7, 11) is 1.59. The van der Waals surface area contributed by atoms with Crippen molar-refractivity contribution >= 4 is 11.2 Å². The van der Waals surface area contributed by atoms with Gasteiger partial charge in [-0.25, -0.2) is 9.97 Å². The molecular weight excluding hydrogens is 216 g/mol. The summed E-state index contributed by atoms with van der Waals surface area (Å²) < 4.78 is 7.06. The number of nitrogens with zero attached hydrogens (tertiary/aromatic N) is 4. The number of rotatable bonds is 3. The third-order valence-electron chi connectivity index (χ3n) is 2.46. The summed E-state index contributed by atoms with van der Waals surface area (Å²) in [6, 6.07) is 3.84. The molecule has 0 fully saturated rings. The quantitative estimate of drug-likeness (QED) is 0.808. The number of fused-ring (bicyclic) bond motifs is 1. The van der Waals surface area contributed by atoms with Crippen molar-refractivity contribution in [2.24, 2.45) is 5.92 Å². The molecule has 0 atom stereocenters. The van der Waals surface area contributed by atoms with Crippen LogP contribution in [0.15, 0.2) is 12.3 Å². The van der Waals surface area contributed by atoms with Gasteiger partial charge in [0.25, 0.3) is 0 Å². The summed E-state index contributed by atoms with van der Waals surface area (Å²) in [6.45, 7) is 4.90. The summed E-state index contributed by atoms with van der Waals surface area (Å²) in [4.78, 5) is 8.55. The van der Waals surface area contributed by atoms with E-state index in [4.69, 9.17) is 10.00 Å². The Balaban J connectivity index is 2.68. The Hall–Kier alpha value is -2.09. The molecule has 0 amide bonds. The van der Waals surface area contributed by atoms with Crippen molar-refractivity contribution in [2.45, 2.75) is 20.4 Å². The summed E-state index contributed by atoms with van der Waals surface area (Å²) in [5, 5.41) is 9.09. The molecule has 0 aromatic carbocycles. The third kappa shape index (κ3) is 1.94. The number of nitriles is 1. The van der Waals surface area contributed by atoms with E-state index in [-0.39, 0.29) is 0 Å². The molecular formula is C12H14N4O. The maximum atomic E-state index is 9.09. The normalized spacial score (nSPS) is 10.8. The van der Waals surface area contributed by atoms with Crippen LogP contribution in [-0.4, -0.2) is 21.6 Å². The molecule has 88 valence electrons. The monoisotopic (exact) mass is 230 g/mol. The second-order valence-corrected chi connectivity index (χ2v) is 4.24. The number of methoxy groups -OCH3 is 1. The summed E-state index contributed by atoms with van der Waals surface area (Å²) >= 11 is 0. The molecule has 0 saturated heterocycles. The van der Waals surface area contributed by atoms with Crippen molar-refractivity contribution in [2.75, 3.05) is 7.11 Å². The lowest BCUT2D eigenvalue weighted by Crippen LogP contribution is -2.07. The van der Waals surface area contributed by atoms with E-state index in [1.165, 1.54) is 0 Å². The molecule has 2 rings (SSSR count). The molecule has 0 unspecified atom stereocenters. The number of pyridine rings is 1. The first-order valence-electron chi connectivity index (χ1n) is 5.46. The zero-order chi connectivity index (χ0) is 12.4. The number of imidazole rings is 1. The largest absolute Gasteiger partial charge is 0.494 e. The fourth-order valence-electron chi connectivity index (χ4n) is 1.78. The van der Waals surface area contributed by atoms with Crippen LogP contribution in [0.5, 0.6) is 5.75 Å². The standard InChI is InChI=1S/C12H14N4O/c1-8(2)7-16-10(6-13)15-11-9(17-3)4-5-14-12(11)16/h4-5,8H,7H2,1-3H3. The van der Waals surface area contributed by atoms with E-state index in [1.807, 2.05) is 4.57 Å². The molecule has 2 heterocycles. The maximum absolute atomic E-state index is 9.09. The molecule has 5 heteroatoms. The molecule has 0 aliphatic heterocycles. The molecule has 0 aliphatic carbocycles. The van der Waals surface area contributed by atoms with Crippen LogP contribution in [0.1, 0.15) is 19.7 Å². The summed E-state index contributed by atoms with van der Waals surface area (Å²) in [6.07, 6.45) is 1.67. The van der Waals surface area contributed by atoms with Gasteiger partial charge in [0.05, 0.1) is 7.11 Å². The minimum absolute atomic E-state index is 0.380. The van der Waals surface area contributed by atoms with Gasteiger partial charge in [-0.1, -0.05) is 13.8 Å². The van der Waals surface area contributed by atoms with E-state index < -0.39 is 0 Å². The first kappa shape index (κ1) is 11.4. The molecule has 0 saturated carbocycles. The second-order valence-electron chi connectivity index (χ2n) is 4.24. The van der Waals surface area contributed by atoms with Gasteiger partial charge in [0.1, 0.15) is 11.8 Å². The number of hydrogen-bond acceptors (Lipinski definition) is 4. The van der Waals surface area contributed by atoms with Gasteiger partial charge in [-0.05, 0) is 5.92 Å². The predicted molar refractivity (Wildman–Crippen MR) is 63.6 cm³/mol. The molecule has 0 radical (unpaired) electrons. The first-order chi connectivity index (χ1) is 8.17. The zero-order valence-corrected chi connectivity index (χ0v) is 10.1. The molecule has 5 nitrogen and oxygen atoms in total. The van der Waals surface area contributed by atoms with Gasteiger partial charge in [-0.3, -0.25) is 4.57 Å². The molecule has 0 spiro atoms. The Kier molecular flexibility index (Phi) is 2.96. The zero-order valence-electron chi connectivity index (χ0n) is 10.1. The fraction of sp³-hybridized carbons (Fsp3) is 0.417. The highest BCUT2D eigenvalue weighted by atomic mass is 16.5. The van der Waals surface area contributed by atoms with Crippen LogP contribution in [0.3, 0.4) is 0 Å². The lowest BCUT2D eigenvalue weighted by atomic mass is 10.2. The van der Waals surface area contributed by atoms with Crippen molar-refractivity contribution in [3.05, 3.63) is 18.1 Å². The van der Waals surface area contributed by atoms with Crippen LogP contribution in [0.4, 0.5) is 0 Å². The molecule has 0 bridgehead atoms. The summed E-state index contributed by atoms with van der Waals surface area (Å²) in [5.41, 5.74) is 1.35. The van der Waals surface area contributed by atoms with E-state index in [1.54, 1.807) is 19.4 Å². The first-order valence-corrected chi connectivity index (χ1v) is 5.46. The Morgan fingerprint density at radius 3 is 2.88 bits per heavy atom. The Morgan fingerprint density at radius 1 is 1.53 bits per heavy atom. The van der Waals surface area contributed by atoms with Gasteiger partial charge in [-0.2, -0.15) is 5.26 Å². The van der Waals surface area contributed by atoms with Crippen molar-refractivity contribution in [1.82, 2.24) is 14.5 Å². The fourth-order valence-corrected chi connectivity index (χ4v) is 1.78. The smallest absolute Gasteiger partial charge is 0.215 e. The maximum Gasteiger partial charge on any atom is 0.215 e. The van der Waals surface area contributed by atoms with Crippen LogP contribution in [-0.2, 0) is 6.54 Å². The van der Waals surface area contributed by atoms with Crippen LogP contribution in [0.25, 0.3) is 11.2 Å². The van der Waals surface area contributed by atoms with Crippen molar-refractivity contribution in [3.8, 4) is 11.8 Å². The Labute approximate surface area is 99.7 Å². The highest BCUT2D eigenvalue weighted by Crippen LogP contribution is 2.24. The predicted octanol–water partition coefficient (Wildman–Crippen LogP) is 1.97. The van der Waals surface area contributed by atoms with Crippen LogP contribution < -0.4 is 4.74 Å². The topological polar surface area (TPSA) is 63.7 Å². The number of hydrogen-bond donors (Lipinski definition) is 0. The van der Waals surface area contributed by atoms with E-state index in [9.17, 15) is 0 Å². The molecule has 2 aromatic rings. The molecule has 0 N–H and O–H groups in total. The van der Waals surface area contributed by atoms with E-state index in [0.717, 1.165) is 6.54 Å². The van der Waals surface area contributed by atoms with Crippen molar-refractivity contribution < 1.29 is 4.74 Å². The number of aromatic nitrogens is 3. The van der Waals surface area contributed by atoms with Gasteiger partial charge in [0, 0.05) is 18.8 Å². The van der Waals surface area contributed by atoms with Crippen LogP contribution in [0, 0.1) is 17.2 Å². The third-order valence-corrected chi connectivity index (χ3v) is 2.46. The lowest BCUT2D eigenvalue weighted by molar-refractivity contribution is 0.418. The number of ether oxygens (including phenoxy) is 1. The lowest BCUT2D eigenvalue weighted by Gasteiger charge is -2.07. The average Bonchev–Trinajstić information content (AvgIpc) is 2.66. The van der Waals surface area contributed by atoms with Crippen molar-refractivity contribution in [3.63, 3.8) is 0 Å². The Morgan fingerprint density at radius 2 is 2.29 bits per heavy atom. The Bertz CT molecular complexity index is 580. The highest BCUT2D eigenvalue weighted by molar-refractivity contribution is 5.79. The van der Waals surface area contributed by atoms with Gasteiger partial charge in [0.2, 0.25) is 5.82 Å². The van der Waals surface area contributed by atoms with E-state index >= 15 is 0 Å². The van der Waals surface area contributed by atoms with Crippen LogP contribution >= 0.6 is 0 Å². The van der Waals surface area contributed by atoms with E-state index in [0.29, 0.717) is 28.7 Å². The molecule has 17 heavy (non-hydrogen) atoms. The van der Waals surface area contributed by atoms with Crippen LogP contribution in [0.2, 0.25) is 0 Å².